The van der Waals surface area contributed by atoms with E-state index in [1.165, 1.54) is 18.3 Å². The van der Waals surface area contributed by atoms with E-state index in [2.05, 4.69) is 15.6 Å². The van der Waals surface area contributed by atoms with E-state index in [1.54, 1.807) is 11.3 Å². The molecule has 0 fully saturated rings. The van der Waals surface area contributed by atoms with Crippen LogP contribution in [0.1, 0.15) is 16.1 Å². The van der Waals surface area contributed by atoms with Gasteiger partial charge in [-0.25, -0.2) is 14.6 Å². The lowest BCUT2D eigenvalue weighted by Gasteiger charge is -2.06. The van der Waals surface area contributed by atoms with Crippen molar-refractivity contribution in [3.05, 3.63) is 46.4 Å². The van der Waals surface area contributed by atoms with Crippen molar-refractivity contribution in [2.45, 2.75) is 6.54 Å². The van der Waals surface area contributed by atoms with Crippen molar-refractivity contribution in [1.29, 1.82) is 0 Å². The van der Waals surface area contributed by atoms with Crippen molar-refractivity contribution < 1.29 is 14.7 Å². The fraction of sp³-hybridized carbons (Fsp3) is 0.0833. The average molecular weight is 277 g/mol. The monoisotopic (exact) mass is 277 g/mol. The summed E-state index contributed by atoms with van der Waals surface area (Å²) in [4.78, 5) is 25.9. The summed E-state index contributed by atoms with van der Waals surface area (Å²) in [6, 6.07) is 4.38. The van der Waals surface area contributed by atoms with Crippen LogP contribution in [0.2, 0.25) is 0 Å². The second-order valence-electron chi connectivity index (χ2n) is 3.68. The lowest BCUT2D eigenvalue weighted by Crippen LogP contribution is -2.28. The van der Waals surface area contributed by atoms with Crippen LogP contribution in [0.3, 0.4) is 0 Å². The van der Waals surface area contributed by atoms with Crippen molar-refractivity contribution in [1.82, 2.24) is 10.3 Å². The first-order valence-electron chi connectivity index (χ1n) is 5.40. The molecule has 0 atom stereocenters. The molecule has 0 saturated carbocycles. The number of nitrogens with one attached hydrogen (secondary N) is 2. The van der Waals surface area contributed by atoms with Gasteiger partial charge >= 0.3 is 12.0 Å². The fourth-order valence-electron chi connectivity index (χ4n) is 1.35. The third-order valence-electron chi connectivity index (χ3n) is 2.27. The van der Waals surface area contributed by atoms with Gasteiger partial charge in [0.25, 0.3) is 0 Å². The number of aromatic carboxylic acids is 1. The summed E-state index contributed by atoms with van der Waals surface area (Å²) < 4.78 is 0. The summed E-state index contributed by atoms with van der Waals surface area (Å²) in [5.74, 6) is -1.10. The minimum absolute atomic E-state index is 0.0655. The zero-order valence-corrected chi connectivity index (χ0v) is 10.6. The second kappa shape index (κ2) is 5.96. The van der Waals surface area contributed by atoms with Gasteiger partial charge in [0, 0.05) is 6.54 Å². The zero-order valence-electron chi connectivity index (χ0n) is 9.79. The third-order valence-corrected chi connectivity index (χ3v) is 3.01. The largest absolute Gasteiger partial charge is 0.477 e. The molecular formula is C12H11N3O3S. The number of carbonyl (C=O) groups is 2. The molecule has 0 aromatic carbocycles. The molecule has 0 unspecified atom stereocenters. The minimum atomic E-state index is -1.10. The molecule has 7 heteroatoms. The van der Waals surface area contributed by atoms with Crippen LogP contribution in [0.25, 0.3) is 0 Å². The first kappa shape index (κ1) is 13.0. The lowest BCUT2D eigenvalue weighted by atomic mass is 10.3. The van der Waals surface area contributed by atoms with Crippen LogP contribution in [0.15, 0.2) is 35.2 Å². The number of carbonyl (C=O) groups excluding carboxylic acids is 1. The SMILES string of the molecule is O=C(NCc1ccsc1)Nc1ccc(C(=O)O)nc1. The lowest BCUT2D eigenvalue weighted by molar-refractivity contribution is 0.0690. The maximum absolute atomic E-state index is 11.6. The molecule has 0 aliphatic rings. The Balaban J connectivity index is 1.86. The molecule has 6 nitrogen and oxygen atoms in total. The van der Waals surface area contributed by atoms with Gasteiger partial charge in [0.1, 0.15) is 5.69 Å². The molecule has 2 aromatic heterocycles. The van der Waals surface area contributed by atoms with Crippen LogP contribution < -0.4 is 10.6 Å². The number of hydrogen-bond donors (Lipinski definition) is 3. The van der Waals surface area contributed by atoms with Crippen molar-refractivity contribution in [3.8, 4) is 0 Å². The smallest absolute Gasteiger partial charge is 0.354 e. The Morgan fingerprint density at radius 3 is 2.74 bits per heavy atom. The van der Waals surface area contributed by atoms with Crippen LogP contribution in [0.4, 0.5) is 10.5 Å². The van der Waals surface area contributed by atoms with Crippen LogP contribution >= 0.6 is 11.3 Å². The zero-order chi connectivity index (χ0) is 13.7. The van der Waals surface area contributed by atoms with Gasteiger partial charge in [-0.3, -0.25) is 0 Å². The highest BCUT2D eigenvalue weighted by Gasteiger charge is 2.05. The molecule has 0 bridgehead atoms. The number of thiophene rings is 1. The van der Waals surface area contributed by atoms with Crippen molar-refractivity contribution in [3.63, 3.8) is 0 Å². The van der Waals surface area contributed by atoms with Gasteiger partial charge < -0.3 is 15.7 Å². The maximum atomic E-state index is 11.6. The highest BCUT2D eigenvalue weighted by atomic mass is 32.1. The average Bonchev–Trinajstić information content (AvgIpc) is 2.90. The van der Waals surface area contributed by atoms with Crippen molar-refractivity contribution in [2.24, 2.45) is 0 Å². The molecule has 0 radical (unpaired) electrons. The van der Waals surface area contributed by atoms with E-state index in [0.717, 1.165) is 5.56 Å². The predicted octanol–water partition coefficient (Wildman–Crippen LogP) is 2.16. The summed E-state index contributed by atoms with van der Waals surface area (Å²) in [5.41, 5.74) is 1.40. The number of hydrogen-bond acceptors (Lipinski definition) is 4. The van der Waals surface area contributed by atoms with Crippen LogP contribution in [-0.4, -0.2) is 22.1 Å². The van der Waals surface area contributed by atoms with Gasteiger partial charge in [-0.05, 0) is 34.5 Å². The van der Waals surface area contributed by atoms with E-state index >= 15 is 0 Å². The Hall–Kier alpha value is -2.41. The van der Waals surface area contributed by atoms with E-state index in [0.29, 0.717) is 12.2 Å². The summed E-state index contributed by atoms with van der Waals surface area (Å²) in [6.45, 7) is 0.440. The molecule has 0 aliphatic heterocycles. The van der Waals surface area contributed by atoms with Gasteiger partial charge in [-0.1, -0.05) is 0 Å². The van der Waals surface area contributed by atoms with Crippen LogP contribution in [0.5, 0.6) is 0 Å². The number of anilines is 1. The van der Waals surface area contributed by atoms with Crippen LogP contribution in [-0.2, 0) is 6.54 Å². The number of carboxylic acids is 1. The van der Waals surface area contributed by atoms with Gasteiger partial charge in [0.2, 0.25) is 0 Å². The Kier molecular flexibility index (Phi) is 4.09. The maximum Gasteiger partial charge on any atom is 0.354 e. The summed E-state index contributed by atoms with van der Waals surface area (Å²) >= 11 is 1.56. The molecule has 98 valence electrons. The first-order chi connectivity index (χ1) is 9.15. The molecule has 2 aromatic rings. The van der Waals surface area contributed by atoms with Crippen molar-refractivity contribution >= 4 is 29.0 Å². The predicted molar refractivity (Wildman–Crippen MR) is 71.4 cm³/mol. The Morgan fingerprint density at radius 1 is 1.32 bits per heavy atom. The number of urea groups is 1. The molecular weight excluding hydrogens is 266 g/mol. The van der Waals surface area contributed by atoms with Gasteiger partial charge in [0.05, 0.1) is 11.9 Å². The fourth-order valence-corrected chi connectivity index (χ4v) is 2.01. The molecule has 2 rings (SSSR count). The molecule has 2 heterocycles. The summed E-state index contributed by atoms with van der Waals surface area (Å²) in [5, 5.41) is 17.8. The number of carboxylic acid groups (broad SMARTS) is 1. The summed E-state index contributed by atoms with van der Waals surface area (Å²) in [6.07, 6.45) is 1.30. The number of rotatable bonds is 4. The molecule has 19 heavy (non-hydrogen) atoms. The Labute approximate surface area is 113 Å². The Bertz CT molecular complexity index is 566. The number of aromatic nitrogens is 1. The van der Waals surface area contributed by atoms with E-state index in [9.17, 15) is 9.59 Å². The van der Waals surface area contributed by atoms with Crippen molar-refractivity contribution in [2.75, 3.05) is 5.32 Å². The molecule has 0 spiro atoms. The Morgan fingerprint density at radius 2 is 2.16 bits per heavy atom. The highest BCUT2D eigenvalue weighted by molar-refractivity contribution is 7.07. The van der Waals surface area contributed by atoms with Gasteiger partial charge in [-0.15, -0.1) is 0 Å². The van der Waals surface area contributed by atoms with Crippen LogP contribution in [0, 0.1) is 0 Å². The quantitative estimate of drug-likeness (QED) is 0.798. The van der Waals surface area contributed by atoms with E-state index in [-0.39, 0.29) is 11.7 Å². The summed E-state index contributed by atoms with van der Waals surface area (Å²) in [7, 11) is 0. The van der Waals surface area contributed by atoms with E-state index in [1.807, 2.05) is 16.8 Å². The third kappa shape index (κ3) is 3.78. The molecule has 0 aliphatic carbocycles. The molecule has 3 N–H and O–H groups in total. The van der Waals surface area contributed by atoms with Gasteiger partial charge in [0.15, 0.2) is 0 Å². The topological polar surface area (TPSA) is 91.3 Å². The minimum Gasteiger partial charge on any atom is -0.477 e. The number of nitrogens with zero attached hydrogens (tertiary/aromatic N) is 1. The number of pyridine rings is 1. The molecule has 2 amide bonds. The standard InChI is InChI=1S/C12H11N3O3S/c16-11(17)10-2-1-9(6-13-10)15-12(18)14-5-8-3-4-19-7-8/h1-4,6-7H,5H2,(H,16,17)(H2,14,15,18). The van der Waals surface area contributed by atoms with E-state index in [4.69, 9.17) is 5.11 Å². The molecule has 0 saturated heterocycles. The second-order valence-corrected chi connectivity index (χ2v) is 4.46. The normalized spacial score (nSPS) is 9.89. The first-order valence-corrected chi connectivity index (χ1v) is 6.35. The van der Waals surface area contributed by atoms with E-state index < -0.39 is 5.97 Å². The number of amides is 2. The van der Waals surface area contributed by atoms with Gasteiger partial charge in [-0.2, -0.15) is 11.3 Å². The highest BCUT2D eigenvalue weighted by Crippen LogP contribution is 2.07.